The summed E-state index contributed by atoms with van der Waals surface area (Å²) in [6, 6.07) is 16.8. The number of amides is 2. The summed E-state index contributed by atoms with van der Waals surface area (Å²) < 4.78 is 0. The van der Waals surface area contributed by atoms with E-state index in [2.05, 4.69) is 10.6 Å². The van der Waals surface area contributed by atoms with Crippen LogP contribution in [0.3, 0.4) is 0 Å². The normalized spacial score (nSPS) is 10.3. The second kappa shape index (κ2) is 9.20. The van der Waals surface area contributed by atoms with E-state index in [1.807, 2.05) is 29.6 Å². The van der Waals surface area contributed by atoms with Gasteiger partial charge >= 0.3 is 5.97 Å². The first-order valence-electron chi connectivity index (χ1n) is 8.22. The Hall–Kier alpha value is -3.10. The lowest BCUT2D eigenvalue weighted by Gasteiger charge is -2.08. The number of rotatable bonds is 7. The molecule has 0 saturated heterocycles. The smallest absolute Gasteiger partial charge is 0.335 e. The fourth-order valence-electron chi connectivity index (χ4n) is 2.31. The Morgan fingerprint density at radius 3 is 2.39 bits per heavy atom. The van der Waals surface area contributed by atoms with Crippen molar-refractivity contribution in [3.63, 3.8) is 0 Å². The van der Waals surface area contributed by atoms with Crippen LogP contribution in [0.25, 0.3) is 0 Å². The average Bonchev–Trinajstić information content (AvgIpc) is 3.22. The van der Waals surface area contributed by atoms with Crippen LogP contribution in [0.4, 0.5) is 11.4 Å². The fourth-order valence-corrected chi connectivity index (χ4v) is 3.68. The molecule has 0 radical (unpaired) electrons. The van der Waals surface area contributed by atoms with E-state index in [1.54, 1.807) is 24.3 Å². The maximum Gasteiger partial charge on any atom is 0.335 e. The summed E-state index contributed by atoms with van der Waals surface area (Å²) in [6.45, 7) is 0. The maximum atomic E-state index is 12.1. The molecule has 8 heteroatoms. The number of hydrogen-bond donors (Lipinski definition) is 3. The minimum atomic E-state index is -1.01. The van der Waals surface area contributed by atoms with Crippen LogP contribution in [0.5, 0.6) is 0 Å². The molecule has 0 aliphatic heterocycles. The molecule has 0 spiro atoms. The molecule has 1 heterocycles. The zero-order chi connectivity index (χ0) is 19.9. The molecular weight excluding hydrogens is 396 g/mol. The molecule has 1 aromatic heterocycles. The third-order valence-electron chi connectivity index (χ3n) is 3.62. The van der Waals surface area contributed by atoms with Gasteiger partial charge in [0.15, 0.2) is 0 Å². The number of carboxylic acid groups (broad SMARTS) is 1. The van der Waals surface area contributed by atoms with Crippen LogP contribution in [0.15, 0.2) is 70.9 Å². The van der Waals surface area contributed by atoms with Crippen molar-refractivity contribution in [2.75, 3.05) is 16.4 Å². The van der Waals surface area contributed by atoms with Gasteiger partial charge in [0.2, 0.25) is 5.91 Å². The van der Waals surface area contributed by atoms with Crippen LogP contribution >= 0.6 is 23.1 Å². The first-order chi connectivity index (χ1) is 13.5. The molecule has 142 valence electrons. The minimum absolute atomic E-state index is 0.161. The first kappa shape index (κ1) is 19.7. The highest BCUT2D eigenvalue weighted by Gasteiger charge is 2.09. The van der Waals surface area contributed by atoms with Crippen molar-refractivity contribution < 1.29 is 19.5 Å². The molecular formula is C20H16N2O4S2. The molecule has 0 atom stereocenters. The van der Waals surface area contributed by atoms with Gasteiger partial charge in [-0.3, -0.25) is 9.59 Å². The Labute approximate surface area is 169 Å². The van der Waals surface area contributed by atoms with Crippen molar-refractivity contribution in [3.05, 3.63) is 76.5 Å². The van der Waals surface area contributed by atoms with Gasteiger partial charge in [-0.15, -0.1) is 23.1 Å². The topological polar surface area (TPSA) is 95.5 Å². The van der Waals surface area contributed by atoms with Gasteiger partial charge in [0, 0.05) is 16.3 Å². The van der Waals surface area contributed by atoms with Crippen LogP contribution in [0.2, 0.25) is 0 Å². The van der Waals surface area contributed by atoms with Crippen molar-refractivity contribution in [2.45, 2.75) is 4.90 Å². The number of thiophene rings is 1. The molecule has 0 fully saturated rings. The summed E-state index contributed by atoms with van der Waals surface area (Å²) >= 11 is 2.71. The molecule has 2 aromatic carbocycles. The number of aromatic carboxylic acids is 1. The number of nitrogens with one attached hydrogen (secondary N) is 2. The minimum Gasteiger partial charge on any atom is -0.478 e. The Kier molecular flexibility index (Phi) is 6.46. The average molecular weight is 412 g/mol. The van der Waals surface area contributed by atoms with Crippen LogP contribution in [-0.4, -0.2) is 28.6 Å². The number of benzene rings is 2. The van der Waals surface area contributed by atoms with Gasteiger partial charge in [-0.1, -0.05) is 12.1 Å². The highest BCUT2D eigenvalue weighted by molar-refractivity contribution is 8.00. The molecule has 0 saturated carbocycles. The molecule has 2 amide bonds. The van der Waals surface area contributed by atoms with Crippen molar-refractivity contribution in [2.24, 2.45) is 0 Å². The second-order valence-electron chi connectivity index (χ2n) is 5.68. The number of hydrogen-bond acceptors (Lipinski definition) is 5. The third kappa shape index (κ3) is 5.45. The van der Waals surface area contributed by atoms with Gasteiger partial charge < -0.3 is 15.7 Å². The van der Waals surface area contributed by atoms with Crippen molar-refractivity contribution in [1.29, 1.82) is 0 Å². The monoisotopic (exact) mass is 412 g/mol. The molecule has 3 rings (SSSR count). The number of carbonyl (C=O) groups excluding carboxylic acids is 2. The van der Waals surface area contributed by atoms with Gasteiger partial charge in [-0.25, -0.2) is 4.79 Å². The Morgan fingerprint density at radius 2 is 1.71 bits per heavy atom. The Bertz CT molecular complexity index is 986. The van der Waals surface area contributed by atoms with Crippen molar-refractivity contribution in [1.82, 2.24) is 0 Å². The predicted molar refractivity (Wildman–Crippen MR) is 111 cm³/mol. The van der Waals surface area contributed by atoms with E-state index in [0.29, 0.717) is 16.3 Å². The van der Waals surface area contributed by atoms with Crippen LogP contribution in [0, 0.1) is 0 Å². The van der Waals surface area contributed by atoms with Crippen LogP contribution in [-0.2, 0) is 4.79 Å². The summed E-state index contributed by atoms with van der Waals surface area (Å²) in [6.07, 6.45) is 0. The number of thioether (sulfide) groups is 1. The fraction of sp³-hybridized carbons (Fsp3) is 0.0500. The zero-order valence-electron chi connectivity index (χ0n) is 14.5. The van der Waals surface area contributed by atoms with Gasteiger partial charge in [0.05, 0.1) is 16.2 Å². The molecule has 0 bridgehead atoms. The molecule has 0 aliphatic carbocycles. The summed E-state index contributed by atoms with van der Waals surface area (Å²) in [5.41, 5.74) is 1.36. The van der Waals surface area contributed by atoms with E-state index in [9.17, 15) is 14.4 Å². The molecule has 0 aliphatic rings. The lowest BCUT2D eigenvalue weighted by Crippen LogP contribution is -2.14. The molecule has 3 N–H and O–H groups in total. The summed E-state index contributed by atoms with van der Waals surface area (Å²) in [5, 5.41) is 16.3. The van der Waals surface area contributed by atoms with E-state index in [4.69, 9.17) is 5.11 Å². The Morgan fingerprint density at radius 1 is 0.929 bits per heavy atom. The highest BCUT2D eigenvalue weighted by Crippen LogP contribution is 2.23. The van der Waals surface area contributed by atoms with Gasteiger partial charge in [0.25, 0.3) is 5.91 Å². The highest BCUT2D eigenvalue weighted by atomic mass is 32.2. The van der Waals surface area contributed by atoms with Gasteiger partial charge in [0.1, 0.15) is 0 Å². The van der Waals surface area contributed by atoms with E-state index < -0.39 is 5.97 Å². The lowest BCUT2D eigenvalue weighted by atomic mass is 10.2. The number of carbonyl (C=O) groups is 3. The third-order valence-corrected chi connectivity index (χ3v) is 5.48. The maximum absolute atomic E-state index is 12.1. The van der Waals surface area contributed by atoms with Crippen LogP contribution in [0.1, 0.15) is 20.0 Å². The predicted octanol–water partition coefficient (Wildman–Crippen LogP) is 4.43. The second-order valence-corrected chi connectivity index (χ2v) is 7.68. The quantitative estimate of drug-likeness (QED) is 0.499. The van der Waals surface area contributed by atoms with E-state index in [0.717, 1.165) is 4.90 Å². The van der Waals surface area contributed by atoms with Crippen LogP contribution < -0.4 is 10.6 Å². The van der Waals surface area contributed by atoms with E-state index in [-0.39, 0.29) is 23.1 Å². The van der Waals surface area contributed by atoms with E-state index in [1.165, 1.54) is 35.2 Å². The standard InChI is InChI=1S/C20H16N2O4S2/c23-18(21-14-8-6-13(7-9-14)20(25)26)12-28-16-4-1-3-15(11-16)22-19(24)17-5-2-10-27-17/h1-11H,12H2,(H,21,23)(H,22,24)(H,25,26). The summed E-state index contributed by atoms with van der Waals surface area (Å²) in [4.78, 5) is 36.5. The first-order valence-corrected chi connectivity index (χ1v) is 10.1. The molecule has 3 aromatic rings. The molecule has 28 heavy (non-hydrogen) atoms. The number of anilines is 2. The zero-order valence-corrected chi connectivity index (χ0v) is 16.2. The summed E-state index contributed by atoms with van der Waals surface area (Å²) in [7, 11) is 0. The largest absolute Gasteiger partial charge is 0.478 e. The SMILES string of the molecule is O=C(CSc1cccc(NC(=O)c2cccs2)c1)Nc1ccc(C(=O)O)cc1. The number of carboxylic acids is 1. The van der Waals surface area contributed by atoms with Crippen molar-refractivity contribution >= 4 is 52.3 Å². The van der Waals surface area contributed by atoms with Gasteiger partial charge in [-0.05, 0) is 53.9 Å². The molecule has 6 nitrogen and oxygen atoms in total. The summed E-state index contributed by atoms with van der Waals surface area (Å²) in [5.74, 6) is -1.21. The van der Waals surface area contributed by atoms with Gasteiger partial charge in [-0.2, -0.15) is 0 Å². The molecule has 0 unspecified atom stereocenters. The van der Waals surface area contributed by atoms with Crippen molar-refractivity contribution in [3.8, 4) is 0 Å². The Balaban J connectivity index is 1.53. The van der Waals surface area contributed by atoms with E-state index >= 15 is 0 Å². The lowest BCUT2D eigenvalue weighted by molar-refractivity contribution is -0.113.